The molecule has 0 aromatic heterocycles. The van der Waals surface area contributed by atoms with Gasteiger partial charge in [-0.05, 0) is 0 Å². The third-order valence-electron chi connectivity index (χ3n) is 1.21. The maximum absolute atomic E-state index is 5.48. The molecule has 0 aliphatic carbocycles. The van der Waals surface area contributed by atoms with Crippen molar-refractivity contribution in [3.8, 4) is 5.75 Å². The van der Waals surface area contributed by atoms with Gasteiger partial charge in [0.05, 0.1) is 0 Å². The van der Waals surface area contributed by atoms with Crippen molar-refractivity contribution >= 4 is 28.0 Å². The van der Waals surface area contributed by atoms with Crippen molar-refractivity contribution in [3.63, 3.8) is 0 Å². The van der Waals surface area contributed by atoms with Crippen molar-refractivity contribution in [3.05, 3.63) is 24.3 Å². The molecule has 2 radical (unpaired) electrons. The Balaban J connectivity index is 2.66. The van der Waals surface area contributed by atoms with Crippen LogP contribution in [0.15, 0.2) is 24.3 Å². The molecule has 11 heavy (non-hydrogen) atoms. The van der Waals surface area contributed by atoms with Crippen LogP contribution < -0.4 is 8.01 Å². The zero-order chi connectivity index (χ0) is 8.27. The summed E-state index contributed by atoms with van der Waals surface area (Å²) in [4.78, 5) is 0. The normalized spacial score (nSPS) is 10.2. The molecule has 0 N–H and O–H groups in total. The molecule has 0 spiro atoms. The Hall–Kier alpha value is -0.0969. The van der Waals surface area contributed by atoms with Crippen LogP contribution in [-0.2, 0) is 0 Å². The van der Waals surface area contributed by atoms with Gasteiger partial charge in [-0.25, -0.2) is 0 Å². The fraction of sp³-hybridized carbons (Fsp3) is 0.333. The average Bonchev–Trinajstić information content (AvgIpc) is 1.93. The Morgan fingerprint density at radius 1 is 1.18 bits per heavy atom. The first kappa shape index (κ1) is 8.99. The van der Waals surface area contributed by atoms with Gasteiger partial charge in [-0.3, -0.25) is 0 Å². The van der Waals surface area contributed by atoms with Gasteiger partial charge < -0.3 is 0 Å². The fourth-order valence-corrected chi connectivity index (χ4v) is 1.38. The number of ether oxygens (including phenoxy) is 1. The summed E-state index contributed by atoms with van der Waals surface area (Å²) in [5.74, 6) is 0.967. The van der Waals surface area contributed by atoms with Crippen molar-refractivity contribution in [2.45, 2.75) is 20.0 Å². The minimum atomic E-state index is 0.271. The first-order chi connectivity index (χ1) is 5.18. The molecule has 1 aromatic rings. The molecule has 58 valence electrons. The summed E-state index contributed by atoms with van der Waals surface area (Å²) in [7, 11) is 0. The average molecular weight is 344 g/mol. The Bertz CT molecular complexity index is 216. The summed E-state index contributed by atoms with van der Waals surface area (Å²) in [5.41, 5.74) is 0. The van der Waals surface area contributed by atoms with E-state index in [0.717, 1.165) is 5.75 Å². The molecular formula is C9H11BiO. The van der Waals surface area contributed by atoms with Crippen molar-refractivity contribution in [2.75, 3.05) is 0 Å². The van der Waals surface area contributed by atoms with E-state index in [1.807, 2.05) is 26.0 Å². The Morgan fingerprint density at radius 2 is 1.73 bits per heavy atom. The third kappa shape index (κ3) is 3.20. The number of hydrogen-bond acceptors (Lipinski definition) is 1. The molecule has 0 fully saturated rings. The molecule has 1 rings (SSSR count). The van der Waals surface area contributed by atoms with Crippen LogP contribution in [0.3, 0.4) is 0 Å². The second-order valence-corrected chi connectivity index (χ2v) is 4.67. The van der Waals surface area contributed by atoms with Gasteiger partial charge in [0, 0.05) is 0 Å². The standard InChI is InChI=1S/C9H11O.Bi/c1-8(2)10-9-6-4-3-5-7-9;/h4-8H,1-2H3;. The number of benzene rings is 1. The van der Waals surface area contributed by atoms with Crippen LogP contribution in [0.4, 0.5) is 0 Å². The van der Waals surface area contributed by atoms with Gasteiger partial charge in [0.1, 0.15) is 0 Å². The van der Waals surface area contributed by atoms with Crippen LogP contribution >= 0.6 is 0 Å². The van der Waals surface area contributed by atoms with Crippen molar-refractivity contribution in [2.24, 2.45) is 0 Å². The molecule has 0 bridgehead atoms. The topological polar surface area (TPSA) is 9.23 Å². The molecule has 0 aliphatic rings. The van der Waals surface area contributed by atoms with E-state index in [1.54, 1.807) is 0 Å². The zero-order valence-electron chi connectivity index (χ0n) is 6.74. The van der Waals surface area contributed by atoms with Gasteiger partial charge in [-0.2, -0.15) is 0 Å². The first-order valence-corrected chi connectivity index (χ1v) is 5.38. The molecule has 0 heterocycles. The van der Waals surface area contributed by atoms with Gasteiger partial charge in [0.25, 0.3) is 0 Å². The van der Waals surface area contributed by atoms with Crippen molar-refractivity contribution in [1.82, 2.24) is 0 Å². The molecule has 1 aromatic carbocycles. The molecule has 0 saturated carbocycles. The predicted octanol–water partition coefficient (Wildman–Crippen LogP) is 1.27. The first-order valence-electron chi connectivity index (χ1n) is 3.64. The molecule has 1 nitrogen and oxygen atoms in total. The van der Waals surface area contributed by atoms with Gasteiger partial charge in [0.2, 0.25) is 0 Å². The second kappa shape index (κ2) is 4.06. The van der Waals surface area contributed by atoms with Crippen LogP contribution in [0.25, 0.3) is 0 Å². The van der Waals surface area contributed by atoms with Crippen LogP contribution in [0.2, 0.25) is 0 Å². The quantitative estimate of drug-likeness (QED) is 0.735. The summed E-state index contributed by atoms with van der Waals surface area (Å²) >= 11 is 1.31. The van der Waals surface area contributed by atoms with E-state index in [4.69, 9.17) is 4.74 Å². The van der Waals surface area contributed by atoms with E-state index in [1.165, 1.54) is 28.0 Å². The van der Waals surface area contributed by atoms with E-state index >= 15 is 0 Å². The van der Waals surface area contributed by atoms with Crippen LogP contribution in [0.1, 0.15) is 13.8 Å². The van der Waals surface area contributed by atoms with Crippen LogP contribution in [0, 0.1) is 0 Å². The van der Waals surface area contributed by atoms with Crippen LogP contribution in [0.5, 0.6) is 5.75 Å². The summed E-state index contributed by atoms with van der Waals surface area (Å²) in [5, 5.41) is 0. The maximum atomic E-state index is 5.48. The van der Waals surface area contributed by atoms with E-state index < -0.39 is 0 Å². The van der Waals surface area contributed by atoms with Crippen LogP contribution in [-0.4, -0.2) is 30.8 Å². The van der Waals surface area contributed by atoms with Gasteiger partial charge >= 0.3 is 82.7 Å². The fourth-order valence-electron chi connectivity index (χ4n) is 0.797. The summed E-state index contributed by atoms with van der Waals surface area (Å²) < 4.78 is 6.86. The minimum absolute atomic E-state index is 0.271. The van der Waals surface area contributed by atoms with E-state index in [9.17, 15) is 0 Å². The van der Waals surface area contributed by atoms with Gasteiger partial charge in [-0.1, -0.05) is 0 Å². The van der Waals surface area contributed by atoms with Crippen molar-refractivity contribution in [1.29, 1.82) is 0 Å². The monoisotopic (exact) mass is 344 g/mol. The Morgan fingerprint density at radius 3 is 2.18 bits per heavy atom. The molecule has 0 unspecified atom stereocenters. The van der Waals surface area contributed by atoms with E-state index in [2.05, 4.69) is 12.1 Å². The number of hydrogen-bond donors (Lipinski definition) is 0. The van der Waals surface area contributed by atoms with Gasteiger partial charge in [-0.15, -0.1) is 0 Å². The molecule has 0 atom stereocenters. The SMILES string of the molecule is CC(C)Oc1cc[c]([Bi])cc1. The van der Waals surface area contributed by atoms with E-state index in [-0.39, 0.29) is 6.10 Å². The Labute approximate surface area is 82.6 Å². The van der Waals surface area contributed by atoms with Crippen molar-refractivity contribution < 1.29 is 4.74 Å². The van der Waals surface area contributed by atoms with E-state index in [0.29, 0.717) is 0 Å². The molecule has 0 amide bonds. The summed E-state index contributed by atoms with van der Waals surface area (Å²) in [6, 6.07) is 8.25. The van der Waals surface area contributed by atoms with Gasteiger partial charge in [0.15, 0.2) is 0 Å². The summed E-state index contributed by atoms with van der Waals surface area (Å²) in [6.45, 7) is 4.07. The zero-order valence-corrected chi connectivity index (χ0v) is 10.2. The molecular weight excluding hydrogens is 333 g/mol. The second-order valence-electron chi connectivity index (χ2n) is 2.66. The molecule has 0 saturated heterocycles. The predicted molar refractivity (Wildman–Crippen MR) is 47.6 cm³/mol. The number of rotatable bonds is 2. The summed E-state index contributed by atoms with van der Waals surface area (Å²) in [6.07, 6.45) is 0.271. The Kier molecular flexibility index (Phi) is 3.32. The molecule has 2 heteroatoms. The third-order valence-corrected chi connectivity index (χ3v) is 2.37. The molecule has 0 aliphatic heterocycles.